The van der Waals surface area contributed by atoms with Crippen LogP contribution in [-0.4, -0.2) is 23.1 Å². The third kappa shape index (κ3) is 3.25. The minimum atomic E-state index is 0.312. The van der Waals surface area contributed by atoms with Crippen molar-refractivity contribution in [2.24, 2.45) is 5.92 Å². The van der Waals surface area contributed by atoms with Crippen LogP contribution in [0.1, 0.15) is 26.2 Å². The van der Waals surface area contributed by atoms with Gasteiger partial charge in [0.1, 0.15) is 11.6 Å². The highest BCUT2D eigenvalue weighted by Crippen LogP contribution is 2.32. The van der Waals surface area contributed by atoms with Crippen LogP contribution in [0.4, 0.5) is 17.6 Å². The van der Waals surface area contributed by atoms with Gasteiger partial charge in [0.05, 0.1) is 0 Å². The lowest BCUT2D eigenvalue weighted by molar-refractivity contribution is 0.758. The Morgan fingerprint density at radius 2 is 2.00 bits per heavy atom. The maximum atomic E-state index is 5.63. The first kappa shape index (κ1) is 11.0. The predicted molar refractivity (Wildman–Crippen MR) is 66.4 cm³/mol. The van der Waals surface area contributed by atoms with Gasteiger partial charge in [0.25, 0.3) is 0 Å². The molecule has 5 nitrogen and oxygen atoms in total. The van der Waals surface area contributed by atoms with E-state index in [1.165, 1.54) is 19.3 Å². The highest BCUT2D eigenvalue weighted by molar-refractivity contribution is 5.50. The van der Waals surface area contributed by atoms with E-state index in [-0.39, 0.29) is 0 Å². The molecule has 0 radical (unpaired) electrons. The van der Waals surface area contributed by atoms with E-state index in [1.54, 1.807) is 0 Å². The Morgan fingerprint density at radius 1 is 1.31 bits per heavy atom. The molecular weight excluding hydrogens is 202 g/mol. The summed E-state index contributed by atoms with van der Waals surface area (Å²) in [6.07, 6.45) is 3.99. The van der Waals surface area contributed by atoms with E-state index in [1.807, 2.05) is 13.0 Å². The summed E-state index contributed by atoms with van der Waals surface area (Å²) in [7, 11) is 0. The molecule has 0 spiro atoms. The van der Waals surface area contributed by atoms with Gasteiger partial charge in [-0.3, -0.25) is 0 Å². The monoisotopic (exact) mass is 221 g/mol. The highest BCUT2D eigenvalue weighted by atomic mass is 15.1. The fourth-order valence-electron chi connectivity index (χ4n) is 1.64. The second-order valence-corrected chi connectivity index (χ2v) is 4.19. The molecule has 0 aliphatic heterocycles. The first-order chi connectivity index (χ1) is 7.78. The van der Waals surface area contributed by atoms with E-state index in [2.05, 4.69) is 20.6 Å². The molecule has 1 aromatic rings. The number of anilines is 3. The molecule has 1 saturated carbocycles. The van der Waals surface area contributed by atoms with Gasteiger partial charge >= 0.3 is 0 Å². The van der Waals surface area contributed by atoms with Crippen LogP contribution in [0, 0.1) is 5.92 Å². The van der Waals surface area contributed by atoms with Gasteiger partial charge in [-0.25, -0.2) is 0 Å². The number of rotatable bonds is 6. The lowest BCUT2D eigenvalue weighted by atomic mass is 10.3. The largest absolute Gasteiger partial charge is 0.370 e. The van der Waals surface area contributed by atoms with Crippen LogP contribution in [0.3, 0.4) is 0 Å². The molecule has 16 heavy (non-hydrogen) atoms. The van der Waals surface area contributed by atoms with Gasteiger partial charge in [-0.15, -0.1) is 0 Å². The summed E-state index contributed by atoms with van der Waals surface area (Å²) in [4.78, 5) is 8.24. The van der Waals surface area contributed by atoms with Crippen molar-refractivity contribution in [3.63, 3.8) is 0 Å². The van der Waals surface area contributed by atoms with Gasteiger partial charge in [-0.05, 0) is 19.3 Å². The Bertz CT molecular complexity index is 348. The van der Waals surface area contributed by atoms with E-state index in [0.29, 0.717) is 5.95 Å². The summed E-state index contributed by atoms with van der Waals surface area (Å²) in [6.45, 7) is 3.82. The van der Waals surface area contributed by atoms with Crippen molar-refractivity contribution in [2.45, 2.75) is 26.2 Å². The van der Waals surface area contributed by atoms with Crippen molar-refractivity contribution in [3.05, 3.63) is 6.07 Å². The summed E-state index contributed by atoms with van der Waals surface area (Å²) < 4.78 is 0. The average molecular weight is 221 g/mol. The van der Waals surface area contributed by atoms with Gasteiger partial charge in [-0.1, -0.05) is 12.8 Å². The Hall–Kier alpha value is -1.52. The molecule has 88 valence electrons. The summed E-state index contributed by atoms with van der Waals surface area (Å²) in [5, 5.41) is 6.41. The smallest absolute Gasteiger partial charge is 0.223 e. The average Bonchev–Trinajstić information content (AvgIpc) is 3.01. The molecule has 0 saturated heterocycles. The molecule has 1 aliphatic rings. The molecule has 5 heteroatoms. The van der Waals surface area contributed by atoms with Crippen LogP contribution in [0.5, 0.6) is 0 Å². The van der Waals surface area contributed by atoms with Crippen LogP contribution in [0.15, 0.2) is 6.07 Å². The van der Waals surface area contributed by atoms with Crippen LogP contribution < -0.4 is 16.4 Å². The van der Waals surface area contributed by atoms with Gasteiger partial charge in [0, 0.05) is 19.2 Å². The molecule has 1 fully saturated rings. The van der Waals surface area contributed by atoms with E-state index in [4.69, 9.17) is 5.73 Å². The fourth-order valence-corrected chi connectivity index (χ4v) is 1.64. The zero-order valence-corrected chi connectivity index (χ0v) is 9.66. The molecule has 0 amide bonds. The third-order valence-electron chi connectivity index (χ3n) is 2.66. The number of hydrogen-bond donors (Lipinski definition) is 3. The van der Waals surface area contributed by atoms with Crippen molar-refractivity contribution >= 4 is 17.6 Å². The van der Waals surface area contributed by atoms with E-state index < -0.39 is 0 Å². The fraction of sp³-hybridized carbons (Fsp3) is 0.636. The Balaban J connectivity index is 1.90. The first-order valence-electron chi connectivity index (χ1n) is 5.90. The molecule has 0 unspecified atom stereocenters. The van der Waals surface area contributed by atoms with Gasteiger partial charge < -0.3 is 16.4 Å². The number of nitrogens with one attached hydrogen (secondary N) is 2. The van der Waals surface area contributed by atoms with Crippen molar-refractivity contribution < 1.29 is 0 Å². The van der Waals surface area contributed by atoms with Crippen molar-refractivity contribution in [2.75, 3.05) is 29.5 Å². The summed E-state index contributed by atoms with van der Waals surface area (Å²) in [5.41, 5.74) is 5.63. The van der Waals surface area contributed by atoms with Crippen LogP contribution in [0.25, 0.3) is 0 Å². The van der Waals surface area contributed by atoms with Crippen molar-refractivity contribution in [3.8, 4) is 0 Å². The number of hydrogen-bond acceptors (Lipinski definition) is 5. The van der Waals surface area contributed by atoms with E-state index in [0.717, 1.165) is 30.6 Å². The second-order valence-electron chi connectivity index (χ2n) is 4.19. The minimum absolute atomic E-state index is 0.312. The van der Waals surface area contributed by atoms with Crippen molar-refractivity contribution in [1.82, 2.24) is 9.97 Å². The molecule has 0 aromatic carbocycles. The lowest BCUT2D eigenvalue weighted by Crippen LogP contribution is -2.09. The maximum Gasteiger partial charge on any atom is 0.223 e. The molecule has 1 aromatic heterocycles. The Morgan fingerprint density at radius 3 is 2.62 bits per heavy atom. The van der Waals surface area contributed by atoms with Crippen LogP contribution >= 0.6 is 0 Å². The molecule has 1 heterocycles. The molecule has 2 rings (SSSR count). The highest BCUT2D eigenvalue weighted by Gasteiger charge is 2.20. The Kier molecular flexibility index (Phi) is 3.44. The standard InChI is InChI=1S/C11H19N5/c1-2-13-9-7-10(16-11(12)15-9)14-6-5-8-3-4-8/h7-8H,2-6H2,1H3,(H4,12,13,14,15,16). The number of aromatic nitrogens is 2. The van der Waals surface area contributed by atoms with E-state index >= 15 is 0 Å². The molecule has 1 aliphatic carbocycles. The van der Waals surface area contributed by atoms with Gasteiger partial charge in [-0.2, -0.15) is 9.97 Å². The minimum Gasteiger partial charge on any atom is -0.370 e. The maximum absolute atomic E-state index is 5.63. The lowest BCUT2D eigenvalue weighted by Gasteiger charge is -2.08. The van der Waals surface area contributed by atoms with Crippen LogP contribution in [-0.2, 0) is 0 Å². The number of nitrogens with zero attached hydrogens (tertiary/aromatic N) is 2. The molecule has 4 N–H and O–H groups in total. The quantitative estimate of drug-likeness (QED) is 0.681. The molecule has 0 atom stereocenters. The second kappa shape index (κ2) is 5.01. The van der Waals surface area contributed by atoms with Crippen LogP contribution in [0.2, 0.25) is 0 Å². The van der Waals surface area contributed by atoms with Crippen molar-refractivity contribution in [1.29, 1.82) is 0 Å². The first-order valence-corrected chi connectivity index (χ1v) is 5.90. The zero-order valence-electron chi connectivity index (χ0n) is 9.66. The SMILES string of the molecule is CCNc1cc(NCCC2CC2)nc(N)n1. The van der Waals surface area contributed by atoms with Gasteiger partial charge in [0.15, 0.2) is 0 Å². The predicted octanol–water partition coefficient (Wildman–Crippen LogP) is 1.70. The third-order valence-corrected chi connectivity index (χ3v) is 2.66. The topological polar surface area (TPSA) is 75.9 Å². The molecular formula is C11H19N5. The van der Waals surface area contributed by atoms with Gasteiger partial charge in [0.2, 0.25) is 5.95 Å². The Labute approximate surface area is 95.9 Å². The summed E-state index contributed by atoms with van der Waals surface area (Å²) >= 11 is 0. The molecule has 0 bridgehead atoms. The zero-order chi connectivity index (χ0) is 11.4. The van der Waals surface area contributed by atoms with E-state index in [9.17, 15) is 0 Å². The number of nitrogens with two attached hydrogens (primary N) is 1. The number of nitrogen functional groups attached to an aromatic ring is 1. The normalized spacial score (nSPS) is 14.8. The summed E-state index contributed by atoms with van der Waals surface area (Å²) in [5.74, 6) is 2.83. The summed E-state index contributed by atoms with van der Waals surface area (Å²) in [6, 6.07) is 1.90.